The predicted octanol–water partition coefficient (Wildman–Crippen LogP) is 1.96. The van der Waals surface area contributed by atoms with E-state index in [1.807, 2.05) is 33.2 Å². The number of rotatable bonds is 5. The lowest BCUT2D eigenvalue weighted by molar-refractivity contribution is 0.258. The van der Waals surface area contributed by atoms with Crippen LogP contribution in [0.3, 0.4) is 0 Å². The number of aryl methyl sites for hydroxylation is 1. The second kappa shape index (κ2) is 5.87. The van der Waals surface area contributed by atoms with Crippen molar-refractivity contribution < 1.29 is 4.74 Å². The van der Waals surface area contributed by atoms with Crippen LogP contribution in [-0.4, -0.2) is 32.1 Å². The second-order valence-corrected chi connectivity index (χ2v) is 4.48. The summed E-state index contributed by atoms with van der Waals surface area (Å²) in [5, 5.41) is 0. The summed E-state index contributed by atoms with van der Waals surface area (Å²) in [5.74, 6) is 0.914. The van der Waals surface area contributed by atoms with Gasteiger partial charge in [-0.1, -0.05) is 12.1 Å². The van der Waals surface area contributed by atoms with Crippen molar-refractivity contribution in [3.05, 3.63) is 29.3 Å². The Morgan fingerprint density at radius 1 is 1.38 bits per heavy atom. The molecule has 0 aromatic heterocycles. The van der Waals surface area contributed by atoms with E-state index in [1.54, 1.807) is 0 Å². The van der Waals surface area contributed by atoms with Gasteiger partial charge in [-0.2, -0.15) is 0 Å². The van der Waals surface area contributed by atoms with E-state index in [9.17, 15) is 0 Å². The average Bonchev–Trinajstić information content (AvgIpc) is 2.16. The highest BCUT2D eigenvalue weighted by Crippen LogP contribution is 2.24. The Hall–Kier alpha value is -1.06. The van der Waals surface area contributed by atoms with Gasteiger partial charge in [-0.25, -0.2) is 0 Å². The van der Waals surface area contributed by atoms with Gasteiger partial charge >= 0.3 is 0 Å². The molecule has 16 heavy (non-hydrogen) atoms. The Labute approximate surface area is 98.2 Å². The van der Waals surface area contributed by atoms with Crippen molar-refractivity contribution in [3.63, 3.8) is 0 Å². The van der Waals surface area contributed by atoms with Gasteiger partial charge in [0, 0.05) is 18.2 Å². The molecule has 0 fully saturated rings. The maximum Gasteiger partial charge on any atom is 0.124 e. The Kier molecular flexibility index (Phi) is 4.77. The van der Waals surface area contributed by atoms with Crippen LogP contribution in [0.4, 0.5) is 0 Å². The molecule has 0 bridgehead atoms. The molecule has 3 heteroatoms. The molecule has 3 nitrogen and oxygen atoms in total. The second-order valence-electron chi connectivity index (χ2n) is 4.48. The average molecular weight is 222 g/mol. The highest BCUT2D eigenvalue weighted by molar-refractivity contribution is 5.38. The summed E-state index contributed by atoms with van der Waals surface area (Å²) in [7, 11) is 4.07. The summed E-state index contributed by atoms with van der Waals surface area (Å²) in [6.07, 6.45) is 0. The molecule has 0 unspecified atom stereocenters. The van der Waals surface area contributed by atoms with Crippen LogP contribution >= 0.6 is 0 Å². The van der Waals surface area contributed by atoms with E-state index in [4.69, 9.17) is 10.5 Å². The fourth-order valence-corrected chi connectivity index (χ4v) is 1.48. The smallest absolute Gasteiger partial charge is 0.124 e. The minimum Gasteiger partial charge on any atom is -0.492 e. The SMILES string of the molecule is Cc1ccc([C@@H](C)N)c(OCCN(C)C)c1. The first-order valence-corrected chi connectivity index (χ1v) is 5.64. The number of hydrogen-bond donors (Lipinski definition) is 1. The summed E-state index contributed by atoms with van der Waals surface area (Å²) in [6.45, 7) is 5.63. The molecule has 0 saturated heterocycles. The highest BCUT2D eigenvalue weighted by atomic mass is 16.5. The Morgan fingerprint density at radius 3 is 2.62 bits per heavy atom. The van der Waals surface area contributed by atoms with Gasteiger partial charge in [-0.3, -0.25) is 0 Å². The third kappa shape index (κ3) is 3.83. The number of nitrogens with two attached hydrogens (primary N) is 1. The quantitative estimate of drug-likeness (QED) is 0.827. The molecule has 0 aliphatic carbocycles. The van der Waals surface area contributed by atoms with Gasteiger partial charge in [-0.15, -0.1) is 0 Å². The Balaban J connectivity index is 2.72. The van der Waals surface area contributed by atoms with Gasteiger partial charge < -0.3 is 15.4 Å². The van der Waals surface area contributed by atoms with Crippen LogP contribution in [0.25, 0.3) is 0 Å². The summed E-state index contributed by atoms with van der Waals surface area (Å²) in [4.78, 5) is 2.10. The van der Waals surface area contributed by atoms with Gasteiger partial charge in [0.1, 0.15) is 12.4 Å². The summed E-state index contributed by atoms with van der Waals surface area (Å²) in [5.41, 5.74) is 8.18. The first-order valence-electron chi connectivity index (χ1n) is 5.64. The normalized spacial score (nSPS) is 12.9. The Morgan fingerprint density at radius 2 is 2.06 bits per heavy atom. The van der Waals surface area contributed by atoms with Gasteiger partial charge in [0.05, 0.1) is 0 Å². The molecule has 0 amide bonds. The van der Waals surface area contributed by atoms with Crippen LogP contribution in [0.5, 0.6) is 5.75 Å². The zero-order valence-corrected chi connectivity index (χ0v) is 10.7. The highest BCUT2D eigenvalue weighted by Gasteiger charge is 2.08. The number of benzene rings is 1. The molecule has 1 aromatic rings. The fourth-order valence-electron chi connectivity index (χ4n) is 1.48. The van der Waals surface area contributed by atoms with Gasteiger partial charge in [0.2, 0.25) is 0 Å². The largest absolute Gasteiger partial charge is 0.492 e. The van der Waals surface area contributed by atoms with E-state index < -0.39 is 0 Å². The first-order chi connectivity index (χ1) is 7.50. The van der Waals surface area contributed by atoms with E-state index in [1.165, 1.54) is 5.56 Å². The summed E-state index contributed by atoms with van der Waals surface area (Å²) >= 11 is 0. The van der Waals surface area contributed by atoms with Gasteiger partial charge in [-0.05, 0) is 39.6 Å². The molecule has 0 spiro atoms. The molecular formula is C13H22N2O. The van der Waals surface area contributed by atoms with E-state index in [2.05, 4.69) is 17.9 Å². The minimum atomic E-state index is 0.00922. The van der Waals surface area contributed by atoms with Crippen molar-refractivity contribution in [2.45, 2.75) is 19.9 Å². The molecule has 1 atom stereocenters. The molecule has 0 heterocycles. The van der Waals surface area contributed by atoms with E-state index >= 15 is 0 Å². The van der Waals surface area contributed by atoms with E-state index in [0.717, 1.165) is 17.9 Å². The number of nitrogens with zero attached hydrogens (tertiary/aromatic N) is 1. The van der Waals surface area contributed by atoms with Crippen LogP contribution in [0.2, 0.25) is 0 Å². The number of hydrogen-bond acceptors (Lipinski definition) is 3. The predicted molar refractivity (Wildman–Crippen MR) is 67.8 cm³/mol. The molecule has 1 aromatic carbocycles. The zero-order valence-electron chi connectivity index (χ0n) is 10.7. The lowest BCUT2D eigenvalue weighted by Gasteiger charge is -2.16. The van der Waals surface area contributed by atoms with Crippen molar-refractivity contribution in [2.75, 3.05) is 27.2 Å². The van der Waals surface area contributed by atoms with Crippen LogP contribution < -0.4 is 10.5 Å². The molecule has 0 radical (unpaired) electrons. The fraction of sp³-hybridized carbons (Fsp3) is 0.538. The molecule has 0 aliphatic heterocycles. The molecule has 2 N–H and O–H groups in total. The van der Waals surface area contributed by atoms with Crippen LogP contribution in [0.1, 0.15) is 24.1 Å². The molecule has 90 valence electrons. The lowest BCUT2D eigenvalue weighted by atomic mass is 10.1. The van der Waals surface area contributed by atoms with E-state index in [-0.39, 0.29) is 6.04 Å². The third-order valence-electron chi connectivity index (χ3n) is 2.46. The summed E-state index contributed by atoms with van der Waals surface area (Å²) < 4.78 is 5.77. The van der Waals surface area contributed by atoms with Gasteiger partial charge in [0.25, 0.3) is 0 Å². The zero-order chi connectivity index (χ0) is 12.1. The number of likely N-dealkylation sites (N-methyl/N-ethyl adjacent to an activating group) is 1. The van der Waals surface area contributed by atoms with Gasteiger partial charge in [0.15, 0.2) is 0 Å². The van der Waals surface area contributed by atoms with Crippen LogP contribution in [0.15, 0.2) is 18.2 Å². The van der Waals surface area contributed by atoms with Crippen molar-refractivity contribution in [1.82, 2.24) is 4.90 Å². The minimum absolute atomic E-state index is 0.00922. The standard InChI is InChI=1S/C13H22N2O/c1-10-5-6-12(11(2)14)13(9-10)16-8-7-15(3)4/h5-6,9,11H,7-8,14H2,1-4H3/t11-/m1/s1. The third-order valence-corrected chi connectivity index (χ3v) is 2.46. The monoisotopic (exact) mass is 222 g/mol. The topological polar surface area (TPSA) is 38.5 Å². The van der Waals surface area contributed by atoms with Crippen LogP contribution in [0, 0.1) is 6.92 Å². The summed E-state index contributed by atoms with van der Waals surface area (Å²) in [6, 6.07) is 6.17. The molecular weight excluding hydrogens is 200 g/mol. The maximum absolute atomic E-state index is 5.91. The number of ether oxygens (including phenoxy) is 1. The molecule has 0 saturated carbocycles. The lowest BCUT2D eigenvalue weighted by Crippen LogP contribution is -2.20. The molecule has 1 rings (SSSR count). The van der Waals surface area contributed by atoms with Crippen molar-refractivity contribution >= 4 is 0 Å². The molecule has 0 aliphatic rings. The first kappa shape index (κ1) is 13.0. The van der Waals surface area contributed by atoms with Crippen LogP contribution in [-0.2, 0) is 0 Å². The van der Waals surface area contributed by atoms with Crippen molar-refractivity contribution in [1.29, 1.82) is 0 Å². The Bertz CT molecular complexity index is 335. The van der Waals surface area contributed by atoms with Crippen molar-refractivity contribution in [3.8, 4) is 5.75 Å². The van der Waals surface area contributed by atoms with Crippen molar-refractivity contribution in [2.24, 2.45) is 5.73 Å². The maximum atomic E-state index is 5.91. The van der Waals surface area contributed by atoms with E-state index in [0.29, 0.717) is 6.61 Å².